The van der Waals surface area contributed by atoms with Gasteiger partial charge in [-0.05, 0) is 19.8 Å². The molecule has 1 amide bonds. The van der Waals surface area contributed by atoms with Crippen LogP contribution in [0.1, 0.15) is 44.7 Å². The summed E-state index contributed by atoms with van der Waals surface area (Å²) in [4.78, 5) is 16.7. The molecule has 26 heavy (non-hydrogen) atoms. The predicted octanol–water partition coefficient (Wildman–Crippen LogP) is 2.93. The first-order valence-corrected chi connectivity index (χ1v) is 8.57. The Morgan fingerprint density at radius 2 is 2.12 bits per heavy atom. The number of aliphatic imine (C=N–C) groups is 1. The molecule has 0 saturated heterocycles. The van der Waals surface area contributed by atoms with E-state index < -0.39 is 11.9 Å². The topological polar surface area (TPSA) is 91.4 Å². The number of H-pyrrole nitrogens is 1. The van der Waals surface area contributed by atoms with Crippen molar-refractivity contribution in [2.45, 2.75) is 51.2 Å². The van der Waals surface area contributed by atoms with Gasteiger partial charge in [-0.25, -0.2) is 4.99 Å². The third-order valence-corrected chi connectivity index (χ3v) is 4.10. The van der Waals surface area contributed by atoms with Crippen LogP contribution in [0.25, 0.3) is 0 Å². The van der Waals surface area contributed by atoms with Gasteiger partial charge in [0.05, 0.1) is 12.6 Å². The second-order valence-corrected chi connectivity index (χ2v) is 6.40. The standard InChI is InChI=1S/C16H24F3N5O2/c1-10(9-26-2)20-15(22-14(25)11-6-4-3-5-7-11)21-13-8-12(23-24-13)16(17,18)19/h8,10-11H,3-7,9H2,1-2H3,(H3,20,21,22,23,24,25). The van der Waals surface area contributed by atoms with Gasteiger partial charge in [0.1, 0.15) is 5.69 Å². The fourth-order valence-corrected chi connectivity index (χ4v) is 2.83. The number of nitrogens with one attached hydrogen (secondary N) is 3. The maximum Gasteiger partial charge on any atom is 0.432 e. The zero-order valence-corrected chi connectivity index (χ0v) is 14.8. The monoisotopic (exact) mass is 375 g/mol. The van der Waals surface area contributed by atoms with Crippen molar-refractivity contribution in [3.63, 3.8) is 0 Å². The van der Waals surface area contributed by atoms with Crippen LogP contribution < -0.4 is 10.6 Å². The number of ether oxygens (including phenoxy) is 1. The molecular formula is C16H24F3N5O2. The van der Waals surface area contributed by atoms with E-state index in [0.717, 1.165) is 38.2 Å². The third kappa shape index (κ3) is 6.01. The Labute approximate surface area is 149 Å². The highest BCUT2D eigenvalue weighted by Crippen LogP contribution is 2.28. The molecule has 0 aromatic carbocycles. The number of rotatable bonds is 5. The summed E-state index contributed by atoms with van der Waals surface area (Å²) in [6.07, 6.45) is 0.166. The molecule has 1 heterocycles. The lowest BCUT2D eigenvalue weighted by atomic mass is 9.89. The summed E-state index contributed by atoms with van der Waals surface area (Å²) in [5.41, 5.74) is -0.983. The van der Waals surface area contributed by atoms with Gasteiger partial charge in [-0.3, -0.25) is 15.2 Å². The number of hydrogen-bond acceptors (Lipinski definition) is 4. The molecule has 0 spiro atoms. The highest BCUT2D eigenvalue weighted by molar-refractivity contribution is 6.04. The van der Waals surface area contributed by atoms with Crippen LogP contribution >= 0.6 is 0 Å². The smallest absolute Gasteiger partial charge is 0.382 e. The van der Waals surface area contributed by atoms with Gasteiger partial charge in [-0.1, -0.05) is 19.3 Å². The number of hydrogen-bond donors (Lipinski definition) is 3. The molecule has 1 aliphatic carbocycles. The lowest BCUT2D eigenvalue weighted by molar-refractivity contribution is -0.141. The number of alkyl halides is 3. The van der Waals surface area contributed by atoms with E-state index in [1.165, 1.54) is 7.11 Å². The summed E-state index contributed by atoms with van der Waals surface area (Å²) in [5.74, 6) is -0.319. The molecule has 1 aliphatic rings. The molecular weight excluding hydrogens is 351 g/mol. The van der Waals surface area contributed by atoms with E-state index in [2.05, 4.69) is 20.7 Å². The van der Waals surface area contributed by atoms with E-state index in [1.54, 1.807) is 6.92 Å². The quantitative estimate of drug-likeness (QED) is 0.545. The lowest BCUT2D eigenvalue weighted by Crippen LogP contribution is -2.41. The fourth-order valence-electron chi connectivity index (χ4n) is 2.83. The Morgan fingerprint density at radius 3 is 2.69 bits per heavy atom. The number of aromatic nitrogens is 2. The van der Waals surface area contributed by atoms with Crippen molar-refractivity contribution in [1.29, 1.82) is 0 Å². The third-order valence-electron chi connectivity index (χ3n) is 4.10. The minimum absolute atomic E-state index is 0.0605. The number of aromatic amines is 1. The molecule has 146 valence electrons. The first-order valence-electron chi connectivity index (χ1n) is 8.57. The van der Waals surface area contributed by atoms with Gasteiger partial charge in [0, 0.05) is 19.1 Å². The zero-order chi connectivity index (χ0) is 19.2. The van der Waals surface area contributed by atoms with Crippen molar-refractivity contribution in [3.05, 3.63) is 11.8 Å². The molecule has 3 N–H and O–H groups in total. The van der Waals surface area contributed by atoms with Gasteiger partial charge in [-0.15, -0.1) is 0 Å². The van der Waals surface area contributed by atoms with E-state index in [-0.39, 0.29) is 29.6 Å². The van der Waals surface area contributed by atoms with Crippen LogP contribution in [-0.2, 0) is 15.7 Å². The molecule has 1 atom stereocenters. The van der Waals surface area contributed by atoms with Crippen molar-refractivity contribution in [2.24, 2.45) is 10.9 Å². The summed E-state index contributed by atoms with van der Waals surface area (Å²) in [6, 6.07) is 0.527. The normalized spacial score (nSPS) is 17.8. The first kappa shape index (κ1) is 20.2. The molecule has 0 aliphatic heterocycles. The average Bonchev–Trinajstić information content (AvgIpc) is 3.04. The van der Waals surface area contributed by atoms with Crippen molar-refractivity contribution in [2.75, 3.05) is 19.0 Å². The van der Waals surface area contributed by atoms with Crippen molar-refractivity contribution < 1.29 is 22.7 Å². The van der Waals surface area contributed by atoms with Gasteiger partial charge < -0.3 is 10.1 Å². The van der Waals surface area contributed by atoms with Gasteiger partial charge in [0.2, 0.25) is 11.9 Å². The molecule has 0 bridgehead atoms. The van der Waals surface area contributed by atoms with Crippen LogP contribution in [0.3, 0.4) is 0 Å². The zero-order valence-electron chi connectivity index (χ0n) is 14.8. The Hall–Kier alpha value is -2.10. The van der Waals surface area contributed by atoms with Crippen LogP contribution in [0.2, 0.25) is 0 Å². The van der Waals surface area contributed by atoms with Crippen LogP contribution in [0.4, 0.5) is 19.0 Å². The van der Waals surface area contributed by atoms with Gasteiger partial charge in [-0.2, -0.15) is 18.3 Å². The predicted molar refractivity (Wildman–Crippen MR) is 90.7 cm³/mol. The minimum Gasteiger partial charge on any atom is -0.382 e. The average molecular weight is 375 g/mol. The second-order valence-electron chi connectivity index (χ2n) is 6.40. The molecule has 1 aromatic rings. The van der Waals surface area contributed by atoms with Gasteiger partial charge in [0.25, 0.3) is 0 Å². The number of carbonyl (C=O) groups excluding carboxylic acids is 1. The number of nitrogens with zero attached hydrogens (tertiary/aromatic N) is 2. The lowest BCUT2D eigenvalue weighted by Gasteiger charge is -2.21. The van der Waals surface area contributed by atoms with Crippen LogP contribution in [0.5, 0.6) is 0 Å². The number of guanidine groups is 1. The highest BCUT2D eigenvalue weighted by atomic mass is 19.4. The van der Waals surface area contributed by atoms with Crippen molar-refractivity contribution >= 4 is 17.7 Å². The molecule has 0 radical (unpaired) electrons. The summed E-state index contributed by atoms with van der Waals surface area (Å²) in [7, 11) is 1.52. The van der Waals surface area contributed by atoms with E-state index in [1.807, 2.05) is 5.10 Å². The van der Waals surface area contributed by atoms with E-state index in [4.69, 9.17) is 4.74 Å². The largest absolute Gasteiger partial charge is 0.432 e. The first-order chi connectivity index (χ1) is 12.3. The number of methoxy groups -OCH3 is 1. The van der Waals surface area contributed by atoms with Gasteiger partial charge in [0.15, 0.2) is 5.82 Å². The van der Waals surface area contributed by atoms with E-state index >= 15 is 0 Å². The molecule has 2 rings (SSSR count). The van der Waals surface area contributed by atoms with Crippen LogP contribution in [0, 0.1) is 5.92 Å². The molecule has 7 nitrogen and oxygen atoms in total. The summed E-state index contributed by atoms with van der Waals surface area (Å²) < 4.78 is 43.1. The number of anilines is 1. The Kier molecular flexibility index (Phi) is 7.01. The minimum atomic E-state index is -4.53. The number of carbonyl (C=O) groups is 1. The number of amides is 1. The number of halogens is 3. The summed E-state index contributed by atoms with van der Waals surface area (Å²) in [5, 5.41) is 10.8. The maximum atomic E-state index is 12.7. The highest BCUT2D eigenvalue weighted by Gasteiger charge is 2.33. The fraction of sp³-hybridized carbons (Fsp3) is 0.688. The second kappa shape index (κ2) is 9.02. The molecule has 1 unspecified atom stereocenters. The summed E-state index contributed by atoms with van der Waals surface area (Å²) >= 11 is 0. The Morgan fingerprint density at radius 1 is 1.42 bits per heavy atom. The Bertz CT molecular complexity index is 624. The SMILES string of the molecule is COCC(C)N=C(NC(=O)C1CCCCC1)Nc1cc(C(F)(F)F)[nH]n1. The van der Waals surface area contributed by atoms with Gasteiger partial charge >= 0.3 is 6.18 Å². The summed E-state index contributed by atoms with van der Waals surface area (Å²) in [6.45, 7) is 2.07. The van der Waals surface area contributed by atoms with E-state index in [9.17, 15) is 18.0 Å². The van der Waals surface area contributed by atoms with Crippen LogP contribution in [0.15, 0.2) is 11.1 Å². The van der Waals surface area contributed by atoms with Crippen LogP contribution in [-0.4, -0.2) is 41.8 Å². The Balaban J connectivity index is 2.10. The molecule has 10 heteroatoms. The molecule has 1 saturated carbocycles. The molecule has 1 aromatic heterocycles. The van der Waals surface area contributed by atoms with Crippen molar-refractivity contribution in [3.8, 4) is 0 Å². The van der Waals surface area contributed by atoms with Crippen molar-refractivity contribution in [1.82, 2.24) is 15.5 Å². The molecule has 1 fully saturated rings. The van der Waals surface area contributed by atoms with E-state index in [0.29, 0.717) is 6.61 Å². The maximum absolute atomic E-state index is 12.7.